The summed E-state index contributed by atoms with van der Waals surface area (Å²) in [6.07, 6.45) is 3.83. The minimum Gasteiger partial charge on any atom is -0.391 e. The molecule has 3 nitrogen and oxygen atoms in total. The molecular formula is C14H22N2OS. The Kier molecular flexibility index (Phi) is 3.32. The zero-order valence-corrected chi connectivity index (χ0v) is 12.0. The first-order valence-corrected chi connectivity index (χ1v) is 7.84. The van der Waals surface area contributed by atoms with Crippen LogP contribution >= 0.6 is 11.3 Å². The number of aliphatic hydroxyl groups is 1. The summed E-state index contributed by atoms with van der Waals surface area (Å²) in [5.74, 6) is 2.14. The summed E-state index contributed by atoms with van der Waals surface area (Å²) in [5, 5.41) is 10.6. The van der Waals surface area contributed by atoms with Gasteiger partial charge in [0, 0.05) is 19.0 Å². The molecule has 2 fully saturated rings. The van der Waals surface area contributed by atoms with Gasteiger partial charge >= 0.3 is 0 Å². The molecule has 1 saturated heterocycles. The maximum atomic E-state index is 9.46. The van der Waals surface area contributed by atoms with Crippen LogP contribution in [0.4, 0.5) is 5.13 Å². The first kappa shape index (κ1) is 12.4. The van der Waals surface area contributed by atoms with Crippen molar-refractivity contribution < 1.29 is 5.11 Å². The van der Waals surface area contributed by atoms with Crippen LogP contribution < -0.4 is 4.90 Å². The lowest BCUT2D eigenvalue weighted by atomic mass is 9.92. The van der Waals surface area contributed by atoms with Gasteiger partial charge in [0.25, 0.3) is 0 Å². The van der Waals surface area contributed by atoms with Gasteiger partial charge in [-0.25, -0.2) is 4.98 Å². The number of aliphatic hydroxyl groups excluding tert-OH is 1. The average Bonchev–Trinajstić information content (AvgIpc) is 3.07. The van der Waals surface area contributed by atoms with Crippen molar-refractivity contribution in [3.63, 3.8) is 0 Å². The zero-order valence-electron chi connectivity index (χ0n) is 11.2. The molecule has 2 atom stereocenters. The lowest BCUT2D eigenvalue weighted by molar-refractivity contribution is 0.284. The summed E-state index contributed by atoms with van der Waals surface area (Å²) in [6.45, 7) is 7.04. The Morgan fingerprint density at radius 2 is 1.94 bits per heavy atom. The highest BCUT2D eigenvalue weighted by molar-refractivity contribution is 7.15. The molecule has 2 aliphatic rings. The number of hydrogen-bond acceptors (Lipinski definition) is 4. The van der Waals surface area contributed by atoms with Crippen molar-refractivity contribution >= 4 is 16.5 Å². The fourth-order valence-electron chi connectivity index (χ4n) is 3.09. The minimum absolute atomic E-state index is 0.155. The van der Waals surface area contributed by atoms with Crippen molar-refractivity contribution in [3.8, 4) is 0 Å². The van der Waals surface area contributed by atoms with Crippen LogP contribution in [0.5, 0.6) is 0 Å². The molecule has 100 valence electrons. The summed E-state index contributed by atoms with van der Waals surface area (Å²) < 4.78 is 0. The number of anilines is 1. The van der Waals surface area contributed by atoms with E-state index in [1.807, 2.05) is 0 Å². The normalized spacial score (nSPS) is 28.7. The smallest absolute Gasteiger partial charge is 0.185 e. The van der Waals surface area contributed by atoms with Crippen LogP contribution in [0.25, 0.3) is 0 Å². The van der Waals surface area contributed by atoms with Crippen LogP contribution in [-0.2, 0) is 6.61 Å². The van der Waals surface area contributed by atoms with Crippen molar-refractivity contribution in [2.24, 2.45) is 11.8 Å². The molecule has 1 aliphatic carbocycles. The van der Waals surface area contributed by atoms with E-state index in [-0.39, 0.29) is 6.61 Å². The Morgan fingerprint density at radius 3 is 2.50 bits per heavy atom. The van der Waals surface area contributed by atoms with E-state index < -0.39 is 0 Å². The number of piperidine rings is 1. The predicted octanol–water partition coefficient (Wildman–Crippen LogP) is 3.00. The van der Waals surface area contributed by atoms with Crippen LogP contribution in [0.1, 0.15) is 49.6 Å². The number of hydrogen-bond donors (Lipinski definition) is 1. The first-order chi connectivity index (χ1) is 8.67. The summed E-state index contributed by atoms with van der Waals surface area (Å²) in [5.41, 5.74) is 1.18. The van der Waals surface area contributed by atoms with Gasteiger partial charge in [-0.3, -0.25) is 0 Å². The molecule has 2 unspecified atom stereocenters. The molecule has 2 heterocycles. The molecule has 0 aromatic carbocycles. The second-order valence-corrected chi connectivity index (χ2v) is 7.15. The SMILES string of the molecule is CC1CC(C)CN(c2nc(C3CC3)c(CO)s2)C1. The van der Waals surface area contributed by atoms with E-state index in [2.05, 4.69) is 18.7 Å². The lowest BCUT2D eigenvalue weighted by Gasteiger charge is -2.34. The number of thiazole rings is 1. The zero-order chi connectivity index (χ0) is 12.7. The highest BCUT2D eigenvalue weighted by atomic mass is 32.1. The van der Waals surface area contributed by atoms with Gasteiger partial charge < -0.3 is 10.0 Å². The van der Waals surface area contributed by atoms with Crippen LogP contribution in [0, 0.1) is 11.8 Å². The second-order valence-electron chi connectivity index (χ2n) is 6.09. The summed E-state index contributed by atoms with van der Waals surface area (Å²) in [4.78, 5) is 8.34. The molecule has 0 radical (unpaired) electrons. The van der Waals surface area contributed by atoms with E-state index in [4.69, 9.17) is 4.98 Å². The fourth-order valence-corrected chi connectivity index (χ4v) is 4.12. The van der Waals surface area contributed by atoms with Gasteiger partial charge in [-0.1, -0.05) is 25.2 Å². The monoisotopic (exact) mass is 266 g/mol. The van der Waals surface area contributed by atoms with E-state index in [0.29, 0.717) is 5.92 Å². The van der Waals surface area contributed by atoms with Gasteiger partial charge in [0.15, 0.2) is 5.13 Å². The average molecular weight is 266 g/mol. The summed E-state index contributed by atoms with van der Waals surface area (Å²) >= 11 is 1.70. The van der Waals surface area contributed by atoms with Gasteiger partial charge in [-0.15, -0.1) is 0 Å². The van der Waals surface area contributed by atoms with Crippen LogP contribution in [0.3, 0.4) is 0 Å². The lowest BCUT2D eigenvalue weighted by Crippen LogP contribution is -2.38. The molecule has 1 aromatic rings. The standard InChI is InChI=1S/C14H22N2OS/c1-9-5-10(2)7-16(6-9)14-15-13(11-3-4-11)12(8-17)18-14/h9-11,17H,3-8H2,1-2H3. The van der Waals surface area contributed by atoms with Gasteiger partial charge in [-0.2, -0.15) is 0 Å². The summed E-state index contributed by atoms with van der Waals surface area (Å²) in [6, 6.07) is 0. The van der Waals surface area contributed by atoms with Crippen LogP contribution in [0.15, 0.2) is 0 Å². The van der Waals surface area contributed by atoms with Crippen molar-refractivity contribution in [1.29, 1.82) is 0 Å². The quantitative estimate of drug-likeness (QED) is 0.913. The third-order valence-electron chi connectivity index (χ3n) is 3.96. The minimum atomic E-state index is 0.155. The fraction of sp³-hybridized carbons (Fsp3) is 0.786. The highest BCUT2D eigenvalue weighted by Gasteiger charge is 2.31. The molecule has 3 rings (SSSR count). The van der Waals surface area contributed by atoms with Gasteiger partial charge in [0.1, 0.15) is 0 Å². The van der Waals surface area contributed by atoms with Crippen molar-refractivity contribution in [2.75, 3.05) is 18.0 Å². The maximum absolute atomic E-state index is 9.46. The molecule has 0 spiro atoms. The van der Waals surface area contributed by atoms with E-state index in [1.54, 1.807) is 11.3 Å². The Labute approximate surface area is 113 Å². The maximum Gasteiger partial charge on any atom is 0.185 e. The van der Waals surface area contributed by atoms with E-state index in [1.165, 1.54) is 25.0 Å². The molecule has 0 amide bonds. The van der Waals surface area contributed by atoms with Crippen molar-refractivity contribution in [1.82, 2.24) is 4.98 Å². The molecule has 1 aliphatic heterocycles. The third kappa shape index (κ3) is 2.41. The Bertz CT molecular complexity index is 417. The Hall–Kier alpha value is -0.610. The summed E-state index contributed by atoms with van der Waals surface area (Å²) in [7, 11) is 0. The van der Waals surface area contributed by atoms with Gasteiger partial charge in [0.05, 0.1) is 17.2 Å². The molecule has 1 N–H and O–H groups in total. The molecular weight excluding hydrogens is 244 g/mol. The first-order valence-electron chi connectivity index (χ1n) is 7.02. The van der Waals surface area contributed by atoms with E-state index in [0.717, 1.165) is 34.9 Å². The van der Waals surface area contributed by atoms with E-state index in [9.17, 15) is 5.11 Å². The molecule has 4 heteroatoms. The second kappa shape index (κ2) is 4.82. The van der Waals surface area contributed by atoms with Crippen LogP contribution in [-0.4, -0.2) is 23.2 Å². The Balaban J connectivity index is 1.82. The number of aromatic nitrogens is 1. The number of nitrogens with zero attached hydrogens (tertiary/aromatic N) is 2. The predicted molar refractivity (Wildman–Crippen MR) is 75.2 cm³/mol. The van der Waals surface area contributed by atoms with Gasteiger partial charge in [-0.05, 0) is 31.1 Å². The third-order valence-corrected chi connectivity index (χ3v) is 5.08. The Morgan fingerprint density at radius 1 is 1.28 bits per heavy atom. The van der Waals surface area contributed by atoms with Crippen molar-refractivity contribution in [3.05, 3.63) is 10.6 Å². The molecule has 18 heavy (non-hydrogen) atoms. The topological polar surface area (TPSA) is 36.4 Å². The molecule has 1 aromatic heterocycles. The molecule has 1 saturated carbocycles. The largest absolute Gasteiger partial charge is 0.391 e. The van der Waals surface area contributed by atoms with Crippen LogP contribution in [0.2, 0.25) is 0 Å². The highest BCUT2D eigenvalue weighted by Crippen LogP contribution is 2.44. The van der Waals surface area contributed by atoms with E-state index >= 15 is 0 Å². The molecule has 0 bridgehead atoms. The van der Waals surface area contributed by atoms with Gasteiger partial charge in [0.2, 0.25) is 0 Å². The van der Waals surface area contributed by atoms with Crippen molar-refractivity contribution in [2.45, 2.75) is 45.6 Å². The number of rotatable bonds is 3.